The fourth-order valence-electron chi connectivity index (χ4n) is 4.06. The Balaban J connectivity index is 1.36. The number of alkyl halides is 3. The van der Waals surface area contributed by atoms with Gasteiger partial charge in [0.25, 0.3) is 5.91 Å². The highest BCUT2D eigenvalue weighted by Crippen LogP contribution is 2.30. The van der Waals surface area contributed by atoms with Crippen molar-refractivity contribution in [1.82, 2.24) is 14.7 Å². The molecule has 0 atom stereocenters. The number of hydrogen-bond acceptors (Lipinski definition) is 3. The van der Waals surface area contributed by atoms with Crippen molar-refractivity contribution in [3.63, 3.8) is 0 Å². The first-order valence-corrected chi connectivity index (χ1v) is 10.5. The summed E-state index contributed by atoms with van der Waals surface area (Å²) in [5.41, 5.74) is 1.16. The standard InChI is InChI=1S/C23H25F3N4O/c1-2-15-5-3-6-16(13-15)22(31)28-18-11-9-17(10-12-18)27-20-7-4-8-21-29-19(14-30(20)21)23(24,25)26/h3-8,13-14,17-18,27H,2,9-12H2,1H3,(H,28,31). The Labute approximate surface area is 178 Å². The average Bonchev–Trinajstić information content (AvgIpc) is 3.21. The van der Waals surface area contributed by atoms with Gasteiger partial charge in [-0.05, 0) is 61.9 Å². The molecule has 5 nitrogen and oxygen atoms in total. The Hall–Kier alpha value is -3.03. The summed E-state index contributed by atoms with van der Waals surface area (Å²) in [6, 6.07) is 12.9. The minimum atomic E-state index is -4.48. The summed E-state index contributed by atoms with van der Waals surface area (Å²) in [4.78, 5) is 16.2. The van der Waals surface area contributed by atoms with Crippen LogP contribution in [-0.2, 0) is 12.6 Å². The molecule has 0 radical (unpaired) electrons. The summed E-state index contributed by atoms with van der Waals surface area (Å²) in [6.45, 7) is 2.06. The molecular weight excluding hydrogens is 405 g/mol. The highest BCUT2D eigenvalue weighted by molar-refractivity contribution is 5.94. The van der Waals surface area contributed by atoms with Crippen molar-refractivity contribution in [3.05, 3.63) is 65.5 Å². The lowest BCUT2D eigenvalue weighted by Gasteiger charge is -2.30. The number of benzene rings is 1. The summed E-state index contributed by atoms with van der Waals surface area (Å²) in [5, 5.41) is 6.47. The molecule has 31 heavy (non-hydrogen) atoms. The number of hydrogen-bond donors (Lipinski definition) is 2. The van der Waals surface area contributed by atoms with E-state index in [9.17, 15) is 18.0 Å². The second-order valence-electron chi connectivity index (χ2n) is 7.98. The van der Waals surface area contributed by atoms with Crippen LogP contribution in [0.1, 0.15) is 54.2 Å². The van der Waals surface area contributed by atoms with Crippen molar-refractivity contribution in [3.8, 4) is 0 Å². The van der Waals surface area contributed by atoms with E-state index in [1.165, 1.54) is 4.40 Å². The van der Waals surface area contributed by atoms with Crippen molar-refractivity contribution >= 4 is 17.4 Å². The van der Waals surface area contributed by atoms with Crippen LogP contribution in [0.25, 0.3) is 5.65 Å². The van der Waals surface area contributed by atoms with Crippen molar-refractivity contribution in [2.24, 2.45) is 0 Å². The van der Waals surface area contributed by atoms with Gasteiger partial charge < -0.3 is 10.6 Å². The zero-order valence-electron chi connectivity index (χ0n) is 17.2. The molecule has 0 bridgehead atoms. The van der Waals surface area contributed by atoms with Gasteiger partial charge in [0, 0.05) is 23.8 Å². The van der Waals surface area contributed by atoms with E-state index in [1.54, 1.807) is 18.2 Å². The van der Waals surface area contributed by atoms with Gasteiger partial charge in [-0.2, -0.15) is 13.2 Å². The van der Waals surface area contributed by atoms with Gasteiger partial charge in [-0.25, -0.2) is 4.98 Å². The fraction of sp³-hybridized carbons (Fsp3) is 0.391. The van der Waals surface area contributed by atoms with Crippen molar-refractivity contribution in [2.45, 2.75) is 57.3 Å². The third kappa shape index (κ3) is 4.84. The molecular formula is C23H25F3N4O. The number of carbonyl (C=O) groups is 1. The zero-order chi connectivity index (χ0) is 22.0. The summed E-state index contributed by atoms with van der Waals surface area (Å²) in [7, 11) is 0. The largest absolute Gasteiger partial charge is 0.434 e. The maximum absolute atomic E-state index is 13.0. The first-order valence-electron chi connectivity index (χ1n) is 10.5. The van der Waals surface area contributed by atoms with Gasteiger partial charge >= 0.3 is 6.18 Å². The molecule has 4 rings (SSSR count). The molecule has 3 aromatic rings. The number of pyridine rings is 1. The van der Waals surface area contributed by atoms with Crippen LogP contribution in [0.4, 0.5) is 19.0 Å². The van der Waals surface area contributed by atoms with Crippen LogP contribution >= 0.6 is 0 Å². The van der Waals surface area contributed by atoms with Crippen LogP contribution in [-0.4, -0.2) is 27.4 Å². The van der Waals surface area contributed by atoms with E-state index in [0.29, 0.717) is 11.4 Å². The Morgan fingerprint density at radius 2 is 1.81 bits per heavy atom. The lowest BCUT2D eigenvalue weighted by Crippen LogP contribution is -2.40. The van der Waals surface area contributed by atoms with Gasteiger partial charge in [0.1, 0.15) is 11.5 Å². The number of nitrogens with one attached hydrogen (secondary N) is 2. The summed E-state index contributed by atoms with van der Waals surface area (Å²) < 4.78 is 40.4. The quantitative estimate of drug-likeness (QED) is 0.594. The molecule has 1 fully saturated rings. The van der Waals surface area contributed by atoms with Gasteiger partial charge in [0.05, 0.1) is 0 Å². The molecule has 0 aliphatic heterocycles. The fourth-order valence-corrected chi connectivity index (χ4v) is 4.06. The first-order chi connectivity index (χ1) is 14.8. The van der Waals surface area contributed by atoms with E-state index in [4.69, 9.17) is 0 Å². The van der Waals surface area contributed by atoms with Gasteiger partial charge in [-0.3, -0.25) is 9.20 Å². The third-order valence-electron chi connectivity index (χ3n) is 5.79. The lowest BCUT2D eigenvalue weighted by atomic mass is 9.91. The molecule has 1 aliphatic rings. The highest BCUT2D eigenvalue weighted by Gasteiger charge is 2.34. The molecule has 1 saturated carbocycles. The second kappa shape index (κ2) is 8.61. The maximum Gasteiger partial charge on any atom is 0.434 e. The van der Waals surface area contributed by atoms with E-state index < -0.39 is 11.9 Å². The number of aromatic nitrogens is 2. The normalized spacial score (nSPS) is 19.4. The number of imidazole rings is 1. The van der Waals surface area contributed by atoms with Crippen molar-refractivity contribution < 1.29 is 18.0 Å². The van der Waals surface area contributed by atoms with Crippen LogP contribution in [0.2, 0.25) is 0 Å². The summed E-state index contributed by atoms with van der Waals surface area (Å²) in [5.74, 6) is 0.527. The second-order valence-corrected chi connectivity index (χ2v) is 7.98. The van der Waals surface area contributed by atoms with Crippen LogP contribution in [0, 0.1) is 0 Å². The molecule has 2 heterocycles. The molecule has 8 heteroatoms. The van der Waals surface area contributed by atoms with Crippen LogP contribution in [0.15, 0.2) is 48.7 Å². The number of amides is 1. The van der Waals surface area contributed by atoms with E-state index in [1.807, 2.05) is 24.3 Å². The average molecular weight is 430 g/mol. The first kappa shape index (κ1) is 21.2. The van der Waals surface area contributed by atoms with Gasteiger partial charge in [0.2, 0.25) is 0 Å². The molecule has 0 saturated heterocycles. The molecule has 2 aromatic heterocycles. The number of rotatable bonds is 5. The van der Waals surface area contributed by atoms with Crippen LogP contribution < -0.4 is 10.6 Å². The lowest BCUT2D eigenvalue weighted by molar-refractivity contribution is -0.140. The summed E-state index contributed by atoms with van der Waals surface area (Å²) in [6.07, 6.45) is 0.680. The van der Waals surface area contributed by atoms with E-state index in [-0.39, 0.29) is 23.6 Å². The molecule has 1 aliphatic carbocycles. The van der Waals surface area contributed by atoms with E-state index in [2.05, 4.69) is 22.5 Å². The zero-order valence-corrected chi connectivity index (χ0v) is 17.2. The molecule has 164 valence electrons. The maximum atomic E-state index is 13.0. The predicted molar refractivity (Wildman–Crippen MR) is 113 cm³/mol. The molecule has 1 amide bonds. The Morgan fingerprint density at radius 3 is 2.52 bits per heavy atom. The third-order valence-corrected chi connectivity index (χ3v) is 5.79. The summed E-state index contributed by atoms with van der Waals surface area (Å²) >= 11 is 0. The number of carbonyl (C=O) groups excluding carboxylic acids is 1. The van der Waals surface area contributed by atoms with Crippen molar-refractivity contribution in [1.29, 1.82) is 0 Å². The Kier molecular flexibility index (Phi) is 5.89. The monoisotopic (exact) mass is 430 g/mol. The number of nitrogens with zero attached hydrogens (tertiary/aromatic N) is 2. The van der Waals surface area contributed by atoms with Gasteiger partial charge in [0.15, 0.2) is 5.69 Å². The minimum Gasteiger partial charge on any atom is -0.368 e. The number of anilines is 1. The van der Waals surface area contributed by atoms with E-state index in [0.717, 1.165) is 43.9 Å². The van der Waals surface area contributed by atoms with E-state index >= 15 is 0 Å². The van der Waals surface area contributed by atoms with Crippen molar-refractivity contribution in [2.75, 3.05) is 5.32 Å². The Morgan fingerprint density at radius 1 is 1.10 bits per heavy atom. The number of fused-ring (bicyclic) bond motifs is 1. The van der Waals surface area contributed by atoms with Crippen LogP contribution in [0.5, 0.6) is 0 Å². The highest BCUT2D eigenvalue weighted by atomic mass is 19.4. The number of aryl methyl sites for hydroxylation is 1. The topological polar surface area (TPSA) is 58.4 Å². The number of halogens is 3. The SMILES string of the molecule is CCc1cccc(C(=O)NC2CCC(Nc3cccc4nc(C(F)(F)F)cn34)CC2)c1. The van der Waals surface area contributed by atoms with Gasteiger partial charge in [-0.1, -0.05) is 25.1 Å². The van der Waals surface area contributed by atoms with Gasteiger partial charge in [-0.15, -0.1) is 0 Å². The Bertz CT molecular complexity index is 1070. The smallest absolute Gasteiger partial charge is 0.368 e. The molecule has 0 spiro atoms. The molecule has 1 aromatic carbocycles. The predicted octanol–water partition coefficient (Wildman–Crippen LogP) is 5.07. The molecule has 2 N–H and O–H groups in total. The van der Waals surface area contributed by atoms with Crippen LogP contribution in [0.3, 0.4) is 0 Å². The molecule has 0 unspecified atom stereocenters. The minimum absolute atomic E-state index is 0.0606.